The fourth-order valence-electron chi connectivity index (χ4n) is 9.14. The summed E-state index contributed by atoms with van der Waals surface area (Å²) in [5.41, 5.74) is 5.13. The van der Waals surface area contributed by atoms with Crippen LogP contribution in [-0.2, 0) is 25.5 Å². The van der Waals surface area contributed by atoms with Crippen LogP contribution < -0.4 is 29.0 Å². The van der Waals surface area contributed by atoms with Crippen molar-refractivity contribution >= 4 is 29.6 Å². The van der Waals surface area contributed by atoms with E-state index in [-0.39, 0.29) is 32.0 Å². The van der Waals surface area contributed by atoms with Crippen molar-refractivity contribution in [2.45, 2.75) is 68.7 Å². The van der Waals surface area contributed by atoms with Gasteiger partial charge in [-0.15, -0.1) is 11.8 Å². The van der Waals surface area contributed by atoms with E-state index < -0.39 is 53.3 Å². The van der Waals surface area contributed by atoms with Crippen molar-refractivity contribution < 1.29 is 47.5 Å². The lowest BCUT2D eigenvalue weighted by molar-refractivity contribution is -0.151. The molecule has 55 heavy (non-hydrogen) atoms. The number of esters is 2. The number of nitrogens with one attached hydrogen (secondary N) is 1. The summed E-state index contributed by atoms with van der Waals surface area (Å²) >= 11 is 1.42. The molecule has 0 aromatic heterocycles. The molecule has 2 saturated heterocycles. The van der Waals surface area contributed by atoms with Crippen LogP contribution in [0.25, 0.3) is 0 Å². The van der Waals surface area contributed by atoms with Gasteiger partial charge >= 0.3 is 11.9 Å². The predicted octanol–water partition coefficient (Wildman–Crippen LogP) is 4.31. The van der Waals surface area contributed by atoms with Crippen LogP contribution in [-0.4, -0.2) is 99.0 Å². The molecule has 1 amide bonds. The quantitative estimate of drug-likeness (QED) is 0.206. The van der Waals surface area contributed by atoms with E-state index in [0.29, 0.717) is 57.4 Å². The van der Waals surface area contributed by atoms with Crippen LogP contribution in [0.1, 0.15) is 68.0 Å². The number of thioether (sulfide) groups is 1. The number of ether oxygens (including phenoxy) is 7. The van der Waals surface area contributed by atoms with Gasteiger partial charge in [-0.3, -0.25) is 19.4 Å². The van der Waals surface area contributed by atoms with Crippen LogP contribution >= 0.6 is 11.8 Å². The van der Waals surface area contributed by atoms with Gasteiger partial charge in [0.05, 0.1) is 30.5 Å². The number of hydrogen-bond donors (Lipinski definition) is 1. The van der Waals surface area contributed by atoms with E-state index in [1.54, 1.807) is 38.5 Å². The monoisotopic (exact) mass is 770 g/mol. The van der Waals surface area contributed by atoms with Crippen LogP contribution in [0.4, 0.5) is 0 Å². The zero-order valence-electron chi connectivity index (χ0n) is 31.4. The number of hydrogen-bond acceptors (Lipinski definition) is 14. The summed E-state index contributed by atoms with van der Waals surface area (Å²) in [4.78, 5) is 44.7. The Bertz CT molecular complexity index is 2110. The Morgan fingerprint density at radius 3 is 2.51 bits per heavy atom. The number of amides is 1. The smallest absolute Gasteiger partial charge is 0.329 e. The minimum absolute atomic E-state index is 0.0248. The van der Waals surface area contributed by atoms with Crippen LogP contribution in [0.5, 0.6) is 28.7 Å². The Kier molecular flexibility index (Phi) is 9.79. The SMILES string of the molecule is COCOc1c(OC)c(C)cc2c1[C@@H]1C3[C@@H]4SC[C@H](NC(=O)c5ccccc5)C(=O)OC[C@@H](c5c6c(c(C)c(OC(C)=O)c54)OCO6)N3[C@@H](C#N)[C@H](C2)N1C. The molecule has 4 bridgehead atoms. The van der Waals surface area contributed by atoms with E-state index in [4.69, 9.17) is 33.2 Å². The fourth-order valence-corrected chi connectivity index (χ4v) is 10.6. The number of nitriles is 1. The number of aryl methyl sites for hydroxylation is 1. The van der Waals surface area contributed by atoms with Crippen LogP contribution in [0, 0.1) is 25.2 Å². The predicted molar refractivity (Wildman–Crippen MR) is 198 cm³/mol. The molecule has 1 unspecified atom stereocenters. The molecular weight excluding hydrogens is 729 g/mol. The first kappa shape index (κ1) is 36.9. The average Bonchev–Trinajstić information content (AvgIpc) is 3.67. The van der Waals surface area contributed by atoms with Gasteiger partial charge in [0, 0.05) is 59.7 Å². The van der Waals surface area contributed by atoms with Crippen molar-refractivity contribution in [3.05, 3.63) is 75.3 Å². The van der Waals surface area contributed by atoms with E-state index in [1.165, 1.54) is 18.7 Å². The van der Waals surface area contributed by atoms with Gasteiger partial charge in [-0.05, 0) is 50.6 Å². The molecule has 6 aliphatic heterocycles. The molecule has 9 rings (SSSR count). The zero-order chi connectivity index (χ0) is 38.7. The fraction of sp³-hybridized carbons (Fsp3) is 0.450. The van der Waals surface area contributed by atoms with Gasteiger partial charge in [0.1, 0.15) is 24.4 Å². The molecule has 6 aliphatic rings. The Balaban J connectivity index is 1.37. The number of likely N-dealkylation sites (N-methyl/N-ethyl adjacent to an activating group) is 1. The van der Waals surface area contributed by atoms with Crippen molar-refractivity contribution in [1.82, 2.24) is 15.1 Å². The third-order valence-electron chi connectivity index (χ3n) is 11.3. The van der Waals surface area contributed by atoms with E-state index >= 15 is 0 Å². The lowest BCUT2D eigenvalue weighted by Crippen LogP contribution is -2.69. The molecule has 0 aliphatic carbocycles. The summed E-state index contributed by atoms with van der Waals surface area (Å²) < 4.78 is 42.2. The Morgan fingerprint density at radius 1 is 1.04 bits per heavy atom. The molecule has 3 aromatic carbocycles. The highest BCUT2D eigenvalue weighted by Crippen LogP contribution is 2.64. The minimum atomic E-state index is -1.02. The molecule has 1 N–H and O–H groups in total. The van der Waals surface area contributed by atoms with Gasteiger partial charge in [-0.1, -0.05) is 24.3 Å². The molecule has 0 saturated carbocycles. The number of carbonyl (C=O) groups excluding carboxylic acids is 3. The normalized spacial score (nSPS) is 26.4. The summed E-state index contributed by atoms with van der Waals surface area (Å²) in [6.07, 6.45) is 0.535. The number of carbonyl (C=O) groups is 3. The van der Waals surface area contributed by atoms with E-state index in [9.17, 15) is 19.6 Å². The van der Waals surface area contributed by atoms with Crippen LogP contribution in [0.15, 0.2) is 36.4 Å². The first-order valence-electron chi connectivity index (χ1n) is 18.1. The number of benzene rings is 3. The maximum Gasteiger partial charge on any atom is 0.329 e. The summed E-state index contributed by atoms with van der Waals surface area (Å²) in [6.45, 7) is 4.87. The van der Waals surface area contributed by atoms with E-state index in [1.807, 2.05) is 27.0 Å². The molecule has 6 heterocycles. The molecule has 15 heteroatoms. The highest BCUT2D eigenvalue weighted by molar-refractivity contribution is 7.99. The van der Waals surface area contributed by atoms with Gasteiger partial charge in [-0.25, -0.2) is 4.79 Å². The third-order valence-corrected chi connectivity index (χ3v) is 12.7. The summed E-state index contributed by atoms with van der Waals surface area (Å²) in [7, 11) is 5.18. The van der Waals surface area contributed by atoms with Gasteiger partial charge < -0.3 is 38.5 Å². The third kappa shape index (κ3) is 5.94. The molecule has 14 nitrogen and oxygen atoms in total. The minimum Gasteiger partial charge on any atom is -0.493 e. The highest BCUT2D eigenvalue weighted by atomic mass is 32.2. The first-order valence-corrected chi connectivity index (χ1v) is 19.1. The number of piperazine rings is 1. The van der Waals surface area contributed by atoms with Crippen molar-refractivity contribution in [2.75, 3.05) is 47.2 Å². The lowest BCUT2D eigenvalue weighted by Gasteiger charge is -2.61. The topological polar surface area (TPSA) is 158 Å². The Labute approximate surface area is 322 Å². The lowest BCUT2D eigenvalue weighted by atomic mass is 9.71. The number of nitrogens with zero attached hydrogens (tertiary/aromatic N) is 3. The number of rotatable bonds is 7. The van der Waals surface area contributed by atoms with Gasteiger partial charge in [0.2, 0.25) is 6.79 Å². The Morgan fingerprint density at radius 2 is 1.80 bits per heavy atom. The summed E-state index contributed by atoms with van der Waals surface area (Å²) in [5, 5.41) is 13.5. The molecule has 288 valence electrons. The molecule has 0 radical (unpaired) electrons. The summed E-state index contributed by atoms with van der Waals surface area (Å²) in [6, 6.07) is 9.81. The maximum atomic E-state index is 13.9. The van der Waals surface area contributed by atoms with E-state index in [2.05, 4.69) is 27.3 Å². The zero-order valence-corrected chi connectivity index (χ0v) is 32.2. The highest BCUT2D eigenvalue weighted by Gasteiger charge is 2.61. The number of fused-ring (bicyclic) bond motifs is 10. The first-order chi connectivity index (χ1) is 26.6. The van der Waals surface area contributed by atoms with Crippen LogP contribution in [0.2, 0.25) is 0 Å². The maximum absolute atomic E-state index is 13.9. The average molecular weight is 771 g/mol. The summed E-state index contributed by atoms with van der Waals surface area (Å²) in [5.74, 6) is 0.903. The van der Waals surface area contributed by atoms with Crippen molar-refractivity contribution in [3.8, 4) is 34.8 Å². The molecule has 2 fully saturated rings. The molecular formula is C40H42N4O10S. The van der Waals surface area contributed by atoms with Crippen molar-refractivity contribution in [1.29, 1.82) is 5.26 Å². The largest absolute Gasteiger partial charge is 0.493 e. The molecule has 7 atom stereocenters. The van der Waals surface area contributed by atoms with E-state index in [0.717, 1.165) is 16.7 Å². The van der Waals surface area contributed by atoms with Gasteiger partial charge in [0.25, 0.3) is 5.91 Å². The molecule has 0 spiro atoms. The standard InChI is InChI=1S/C40H42N4O10S/c1-19-12-23-13-25-26(14-41)44-27-15-50-40(47)24(42-39(46)22-10-8-7-9-11-22)16-55-38(30-29(27)37-35(52-18-53-37)20(2)34(30)54-21(3)45)32(44)31(43(25)4)28(23)36(33(19)49-6)51-17-48-5/h7-12,24-27,31-32,38H,13,15-18H2,1-6H3,(H,42,46)/t24-,25-,26-,27-,31+,32?,38+/m0/s1. The Hall–Kier alpha value is -5.01. The van der Waals surface area contributed by atoms with Crippen molar-refractivity contribution in [3.63, 3.8) is 0 Å². The van der Waals surface area contributed by atoms with Crippen molar-refractivity contribution in [2.24, 2.45) is 0 Å². The van der Waals surface area contributed by atoms with Gasteiger partial charge in [0.15, 0.2) is 29.8 Å². The second-order valence-corrected chi connectivity index (χ2v) is 15.5. The van der Waals surface area contributed by atoms with Gasteiger partial charge in [-0.2, -0.15) is 5.26 Å². The number of methoxy groups -OCH3 is 2. The molecule has 3 aromatic rings. The second kappa shape index (κ2) is 14.6. The van der Waals surface area contributed by atoms with Crippen LogP contribution in [0.3, 0.4) is 0 Å². The second-order valence-electron chi connectivity index (χ2n) is 14.3.